The number of amides is 1. The molecular weight excluding hydrogens is 711 g/mol. The number of para-hydroxylation sites is 1. The number of anilines is 3. The molecule has 1 atom stereocenters. The molecule has 1 aromatic heterocycles. The maximum Gasteiger partial charge on any atom is 0.442 e. The van der Waals surface area contributed by atoms with Crippen molar-refractivity contribution in [3.63, 3.8) is 0 Å². The molecule has 5 rings (SSSR count). The highest BCUT2D eigenvalue weighted by Gasteiger charge is 2.33. The molecule has 0 saturated carbocycles. The van der Waals surface area contributed by atoms with Gasteiger partial charge in [0.1, 0.15) is 22.9 Å². The highest BCUT2D eigenvalue weighted by atomic mass is 32.2. The average Bonchev–Trinajstić information content (AvgIpc) is 3.02. The Hall–Kier alpha value is -5.23. The van der Waals surface area contributed by atoms with Gasteiger partial charge >= 0.3 is 6.09 Å². The van der Waals surface area contributed by atoms with E-state index in [1.807, 2.05) is 0 Å². The molecule has 1 N–H and O–H groups in total. The van der Waals surface area contributed by atoms with Gasteiger partial charge in [-0.25, -0.2) is 36.2 Å². The third-order valence-electron chi connectivity index (χ3n) is 7.20. The second-order valence-electron chi connectivity index (χ2n) is 12.6. The fourth-order valence-corrected chi connectivity index (χ4v) is 8.02. The molecule has 270 valence electrons. The Morgan fingerprint density at radius 1 is 1.08 bits per heavy atom. The zero-order valence-electron chi connectivity index (χ0n) is 28.0. The summed E-state index contributed by atoms with van der Waals surface area (Å²) < 4.78 is 87.8. The van der Waals surface area contributed by atoms with E-state index in [1.54, 1.807) is 39.0 Å². The molecule has 3 aromatic carbocycles. The van der Waals surface area contributed by atoms with Gasteiger partial charge in [-0.15, -0.1) is 4.36 Å². The standard InChI is InChI=1S/C33H34F2N6O8S2/c1-33(2,3)49-32(42)39-50(4,45)20-21-15-23-18-24(16-21)48-14-8-7-13-40(51(46,47)29-10-6-5-9-27(29)41(43)44)28-17-22(11-12-25(28)34)30-26(35)19-36-31(37-23)38-30/h5-6,9-12,15-19H,7-8,13-14,20H2,1-4H3,(H,36,37,38)/t50-/m0/s1. The Balaban J connectivity index is 1.57. The van der Waals surface area contributed by atoms with E-state index in [-0.39, 0.29) is 54.7 Å². The Kier molecular flexibility index (Phi) is 10.6. The molecule has 0 aliphatic carbocycles. The Labute approximate surface area is 293 Å². The van der Waals surface area contributed by atoms with E-state index in [4.69, 9.17) is 9.47 Å². The van der Waals surface area contributed by atoms with Crippen LogP contribution in [0.15, 0.2) is 76.1 Å². The topological polar surface area (TPSA) is 183 Å². The first-order valence-electron chi connectivity index (χ1n) is 15.5. The second kappa shape index (κ2) is 14.6. The SMILES string of the molecule is CC(C)(C)OC(=O)N=[S@@](C)(=O)Cc1cc2cc(c1)OCCCCN(S(=O)(=O)c1ccccc1[N+](=O)[O-])c1cc(ccc1F)-c1nc(ncc1F)N2. The van der Waals surface area contributed by atoms with Crippen molar-refractivity contribution >= 4 is 48.9 Å². The molecular formula is C33H34F2N6O8S2. The molecule has 0 unspecified atom stereocenters. The Morgan fingerprint density at radius 2 is 1.82 bits per heavy atom. The number of nitro benzene ring substituents is 1. The molecule has 1 aliphatic rings. The molecule has 1 aliphatic heterocycles. The van der Waals surface area contributed by atoms with E-state index < -0.39 is 64.3 Å². The van der Waals surface area contributed by atoms with Crippen molar-refractivity contribution in [2.45, 2.75) is 49.9 Å². The molecule has 6 bridgehead atoms. The van der Waals surface area contributed by atoms with Crippen LogP contribution in [0.1, 0.15) is 39.2 Å². The molecule has 18 heteroatoms. The number of nitro groups is 1. The zero-order chi connectivity index (χ0) is 37.1. The predicted octanol–water partition coefficient (Wildman–Crippen LogP) is 6.97. The third kappa shape index (κ3) is 9.12. The van der Waals surface area contributed by atoms with Crippen LogP contribution in [-0.4, -0.2) is 58.6 Å². The minimum Gasteiger partial charge on any atom is -0.494 e. The lowest BCUT2D eigenvalue weighted by Gasteiger charge is -2.25. The van der Waals surface area contributed by atoms with Gasteiger partial charge in [-0.3, -0.25) is 14.4 Å². The number of ether oxygens (including phenoxy) is 2. The number of nitrogens with one attached hydrogen (secondary N) is 1. The lowest BCUT2D eigenvalue weighted by Crippen LogP contribution is -2.33. The predicted molar refractivity (Wildman–Crippen MR) is 186 cm³/mol. The van der Waals surface area contributed by atoms with Gasteiger partial charge in [0, 0.05) is 36.2 Å². The van der Waals surface area contributed by atoms with Crippen molar-refractivity contribution in [1.82, 2.24) is 9.97 Å². The van der Waals surface area contributed by atoms with E-state index in [2.05, 4.69) is 19.6 Å². The highest BCUT2D eigenvalue weighted by molar-refractivity contribution is 7.93. The molecule has 14 nitrogen and oxygen atoms in total. The fraction of sp³-hybridized carbons (Fsp3) is 0.303. The largest absolute Gasteiger partial charge is 0.494 e. The number of fused-ring (bicyclic) bond motifs is 7. The van der Waals surface area contributed by atoms with E-state index >= 15 is 8.78 Å². The van der Waals surface area contributed by atoms with Gasteiger partial charge in [0.25, 0.3) is 15.7 Å². The van der Waals surface area contributed by atoms with Crippen LogP contribution in [0, 0.1) is 21.7 Å². The fourth-order valence-electron chi connectivity index (χ4n) is 5.15. The van der Waals surface area contributed by atoms with Crippen LogP contribution in [0.25, 0.3) is 11.3 Å². The summed E-state index contributed by atoms with van der Waals surface area (Å²) >= 11 is 0. The van der Waals surface area contributed by atoms with Gasteiger partial charge in [-0.1, -0.05) is 12.1 Å². The number of sulfonamides is 1. The van der Waals surface area contributed by atoms with Gasteiger partial charge in [0.2, 0.25) is 5.95 Å². The minimum atomic E-state index is -4.74. The average molecular weight is 745 g/mol. The number of hydrogen-bond donors (Lipinski definition) is 1. The lowest BCUT2D eigenvalue weighted by molar-refractivity contribution is -0.387. The van der Waals surface area contributed by atoms with Gasteiger partial charge < -0.3 is 14.8 Å². The first-order valence-corrected chi connectivity index (χ1v) is 19.0. The van der Waals surface area contributed by atoms with E-state index in [9.17, 15) is 27.5 Å². The summed E-state index contributed by atoms with van der Waals surface area (Å²) in [5, 5.41) is 14.7. The zero-order valence-corrected chi connectivity index (χ0v) is 29.6. The van der Waals surface area contributed by atoms with Crippen LogP contribution in [0.4, 0.5) is 36.6 Å². The highest BCUT2D eigenvalue weighted by Crippen LogP contribution is 2.35. The number of aromatic nitrogens is 2. The van der Waals surface area contributed by atoms with E-state index in [0.29, 0.717) is 15.6 Å². The smallest absolute Gasteiger partial charge is 0.442 e. The van der Waals surface area contributed by atoms with Crippen molar-refractivity contribution in [3.8, 4) is 17.0 Å². The minimum absolute atomic E-state index is 0.00328. The quantitative estimate of drug-likeness (QED) is 0.164. The first kappa shape index (κ1) is 37.0. The Bertz CT molecular complexity index is 2240. The summed E-state index contributed by atoms with van der Waals surface area (Å²) in [6.45, 7) is 4.69. The normalized spacial score (nSPS) is 14.7. The number of nitrogens with zero attached hydrogens (tertiary/aromatic N) is 5. The van der Waals surface area contributed by atoms with Crippen molar-refractivity contribution in [3.05, 3.63) is 94.2 Å². The molecule has 51 heavy (non-hydrogen) atoms. The number of carbonyl (C=O) groups is 1. The van der Waals surface area contributed by atoms with E-state index in [0.717, 1.165) is 30.5 Å². The van der Waals surface area contributed by atoms with Crippen LogP contribution < -0.4 is 14.4 Å². The van der Waals surface area contributed by atoms with Crippen molar-refractivity contribution in [2.24, 2.45) is 4.36 Å². The summed E-state index contributed by atoms with van der Waals surface area (Å²) in [4.78, 5) is 30.8. The number of rotatable bonds is 5. The molecule has 0 saturated heterocycles. The summed E-state index contributed by atoms with van der Waals surface area (Å²) in [6.07, 6.45) is 1.56. The molecule has 2 heterocycles. The molecule has 0 fully saturated rings. The van der Waals surface area contributed by atoms with Crippen LogP contribution in [-0.2, 0) is 30.2 Å². The number of hydrogen-bond acceptors (Lipinski definition) is 11. The first-order chi connectivity index (χ1) is 23.9. The molecule has 1 amide bonds. The maximum atomic E-state index is 15.5. The molecule has 4 aromatic rings. The van der Waals surface area contributed by atoms with Gasteiger partial charge in [0.15, 0.2) is 10.7 Å². The van der Waals surface area contributed by atoms with Crippen molar-refractivity contribution in [2.75, 3.05) is 29.0 Å². The number of halogens is 2. The van der Waals surface area contributed by atoms with Crippen LogP contribution in [0.2, 0.25) is 0 Å². The van der Waals surface area contributed by atoms with E-state index in [1.165, 1.54) is 24.5 Å². The number of benzene rings is 3. The lowest BCUT2D eigenvalue weighted by atomic mass is 10.1. The summed E-state index contributed by atoms with van der Waals surface area (Å²) in [6, 6.07) is 12.8. The van der Waals surface area contributed by atoms with Gasteiger partial charge in [-0.05, 0) is 75.6 Å². The molecule has 0 spiro atoms. The van der Waals surface area contributed by atoms with Crippen LogP contribution >= 0.6 is 0 Å². The summed E-state index contributed by atoms with van der Waals surface area (Å²) in [7, 11) is -7.88. The van der Waals surface area contributed by atoms with Crippen molar-refractivity contribution in [1.29, 1.82) is 0 Å². The summed E-state index contributed by atoms with van der Waals surface area (Å²) in [5.74, 6) is -1.87. The second-order valence-corrected chi connectivity index (χ2v) is 16.8. The monoisotopic (exact) mass is 744 g/mol. The maximum absolute atomic E-state index is 15.5. The van der Waals surface area contributed by atoms with Crippen LogP contribution in [0.3, 0.4) is 0 Å². The van der Waals surface area contributed by atoms with Gasteiger partial charge in [0.05, 0.1) is 38.9 Å². The number of carbonyl (C=O) groups excluding carboxylic acids is 1. The Morgan fingerprint density at radius 3 is 2.55 bits per heavy atom. The molecule has 0 radical (unpaired) electrons. The summed E-state index contributed by atoms with van der Waals surface area (Å²) in [5.41, 5.74) is -1.51. The van der Waals surface area contributed by atoms with Crippen molar-refractivity contribution < 1.29 is 40.6 Å². The van der Waals surface area contributed by atoms with Gasteiger partial charge in [-0.2, -0.15) is 0 Å². The van der Waals surface area contributed by atoms with Crippen LogP contribution in [0.5, 0.6) is 5.75 Å². The third-order valence-corrected chi connectivity index (χ3v) is 10.5.